The van der Waals surface area contributed by atoms with Crippen LogP contribution in [0.3, 0.4) is 0 Å². The molecule has 5 nitrogen and oxygen atoms in total. The van der Waals surface area contributed by atoms with E-state index in [1.807, 2.05) is 0 Å². The summed E-state index contributed by atoms with van der Waals surface area (Å²) in [5, 5.41) is 19.4. The maximum atomic E-state index is 11.0. The maximum Gasteiger partial charge on any atom is 0.345 e. The van der Waals surface area contributed by atoms with Gasteiger partial charge in [0.15, 0.2) is 0 Å². The van der Waals surface area contributed by atoms with Gasteiger partial charge in [-0.25, -0.2) is 9.59 Å². The van der Waals surface area contributed by atoms with Gasteiger partial charge < -0.3 is 10.2 Å². The topological polar surface area (TPSA) is 87.5 Å². The Labute approximate surface area is 100.0 Å². The van der Waals surface area contributed by atoms with Crippen molar-refractivity contribution < 1.29 is 19.8 Å². The van der Waals surface area contributed by atoms with Crippen LogP contribution in [-0.2, 0) is 0 Å². The third kappa shape index (κ3) is 2.16. The van der Waals surface area contributed by atoms with Gasteiger partial charge in [-0.15, -0.1) is 11.3 Å². The van der Waals surface area contributed by atoms with Crippen LogP contribution >= 0.6 is 11.3 Å². The number of carbonyl (C=O) groups is 2. The molecule has 0 saturated heterocycles. The van der Waals surface area contributed by atoms with Crippen LogP contribution in [0.15, 0.2) is 29.9 Å². The van der Waals surface area contributed by atoms with E-state index in [0.717, 1.165) is 11.3 Å². The molecule has 0 radical (unpaired) electrons. The Bertz CT molecular complexity index is 591. The van der Waals surface area contributed by atoms with Gasteiger partial charge >= 0.3 is 11.9 Å². The maximum absolute atomic E-state index is 11.0. The third-order valence-corrected chi connectivity index (χ3v) is 3.09. The van der Waals surface area contributed by atoms with Gasteiger partial charge in [0.2, 0.25) is 0 Å². The molecule has 86 valence electrons. The SMILES string of the molecule is O=C(O)c1cc(-c2cnccc2C(=O)O)cs1. The minimum absolute atomic E-state index is 0.106. The van der Waals surface area contributed by atoms with Crippen LogP contribution < -0.4 is 0 Å². The van der Waals surface area contributed by atoms with Gasteiger partial charge in [0.05, 0.1) is 5.56 Å². The summed E-state index contributed by atoms with van der Waals surface area (Å²) < 4.78 is 0. The van der Waals surface area contributed by atoms with E-state index in [1.165, 1.54) is 24.5 Å². The standard InChI is InChI=1S/C11H7NO4S/c13-10(14)7-1-2-12-4-8(7)6-3-9(11(15)16)17-5-6/h1-5H,(H,13,14)(H,15,16). The first kappa shape index (κ1) is 11.3. The average Bonchev–Trinajstić information content (AvgIpc) is 2.78. The number of rotatable bonds is 3. The van der Waals surface area contributed by atoms with Gasteiger partial charge in [-0.05, 0) is 23.1 Å². The Balaban J connectivity index is 2.52. The number of hydrogen-bond donors (Lipinski definition) is 2. The summed E-state index contributed by atoms with van der Waals surface area (Å²) in [5.41, 5.74) is 1.08. The quantitative estimate of drug-likeness (QED) is 0.870. The van der Waals surface area contributed by atoms with Crippen LogP contribution in [0.4, 0.5) is 0 Å². The van der Waals surface area contributed by atoms with Crippen molar-refractivity contribution in [3.05, 3.63) is 40.3 Å². The predicted octanol–water partition coefficient (Wildman–Crippen LogP) is 2.21. The van der Waals surface area contributed by atoms with Gasteiger partial charge in [0.1, 0.15) is 4.88 Å². The number of aromatic nitrogens is 1. The van der Waals surface area contributed by atoms with Crippen molar-refractivity contribution in [2.24, 2.45) is 0 Å². The van der Waals surface area contributed by atoms with E-state index in [0.29, 0.717) is 11.1 Å². The zero-order valence-electron chi connectivity index (χ0n) is 8.45. The van der Waals surface area contributed by atoms with Crippen LogP contribution in [0.1, 0.15) is 20.0 Å². The molecule has 0 spiro atoms. The molecule has 2 rings (SSSR count). The van der Waals surface area contributed by atoms with Crippen molar-refractivity contribution in [3.8, 4) is 11.1 Å². The van der Waals surface area contributed by atoms with E-state index in [2.05, 4.69) is 4.98 Å². The first-order chi connectivity index (χ1) is 8.09. The molecule has 0 amide bonds. The lowest BCUT2D eigenvalue weighted by molar-refractivity contribution is 0.0689. The number of carboxylic acid groups (broad SMARTS) is 2. The van der Waals surface area contributed by atoms with Crippen molar-refractivity contribution >= 4 is 23.3 Å². The number of carboxylic acids is 2. The fraction of sp³-hybridized carbons (Fsp3) is 0. The largest absolute Gasteiger partial charge is 0.478 e. The average molecular weight is 249 g/mol. The van der Waals surface area contributed by atoms with Crippen LogP contribution in [0.2, 0.25) is 0 Å². The molecular formula is C11H7NO4S. The summed E-state index contributed by atoms with van der Waals surface area (Å²) in [7, 11) is 0. The Kier molecular flexibility index (Phi) is 2.88. The lowest BCUT2D eigenvalue weighted by atomic mass is 10.1. The van der Waals surface area contributed by atoms with E-state index < -0.39 is 11.9 Å². The second-order valence-corrected chi connectivity index (χ2v) is 4.14. The van der Waals surface area contributed by atoms with Crippen LogP contribution in [0.25, 0.3) is 11.1 Å². The first-order valence-electron chi connectivity index (χ1n) is 4.59. The molecule has 2 aromatic heterocycles. The van der Waals surface area contributed by atoms with Gasteiger partial charge in [0, 0.05) is 18.0 Å². The van der Waals surface area contributed by atoms with E-state index >= 15 is 0 Å². The highest BCUT2D eigenvalue weighted by molar-refractivity contribution is 7.12. The molecule has 6 heteroatoms. The molecule has 0 fully saturated rings. The molecule has 0 atom stereocenters. The van der Waals surface area contributed by atoms with Gasteiger partial charge in [-0.2, -0.15) is 0 Å². The lowest BCUT2D eigenvalue weighted by Crippen LogP contribution is -1.99. The van der Waals surface area contributed by atoms with Crippen molar-refractivity contribution in [2.45, 2.75) is 0 Å². The van der Waals surface area contributed by atoms with E-state index in [9.17, 15) is 9.59 Å². The molecule has 0 aliphatic rings. The Morgan fingerprint density at radius 2 is 2.00 bits per heavy atom. The normalized spacial score (nSPS) is 10.1. The first-order valence-corrected chi connectivity index (χ1v) is 5.47. The number of aromatic carboxylic acids is 2. The summed E-state index contributed by atoms with van der Waals surface area (Å²) in [6.45, 7) is 0. The summed E-state index contributed by atoms with van der Waals surface area (Å²) in [6, 6.07) is 2.83. The van der Waals surface area contributed by atoms with Gasteiger partial charge in [-0.3, -0.25) is 4.98 Å². The van der Waals surface area contributed by atoms with Crippen LogP contribution in [-0.4, -0.2) is 27.1 Å². The van der Waals surface area contributed by atoms with Crippen molar-refractivity contribution in [1.29, 1.82) is 0 Å². The third-order valence-electron chi connectivity index (χ3n) is 2.17. The zero-order chi connectivity index (χ0) is 12.4. The van der Waals surface area contributed by atoms with Crippen LogP contribution in [0.5, 0.6) is 0 Å². The lowest BCUT2D eigenvalue weighted by Gasteiger charge is -2.01. The van der Waals surface area contributed by atoms with Gasteiger partial charge in [0.25, 0.3) is 0 Å². The molecule has 0 bridgehead atoms. The minimum Gasteiger partial charge on any atom is -0.478 e. The molecule has 0 unspecified atom stereocenters. The highest BCUT2D eigenvalue weighted by Crippen LogP contribution is 2.27. The second-order valence-electron chi connectivity index (χ2n) is 3.23. The van der Waals surface area contributed by atoms with Gasteiger partial charge in [-0.1, -0.05) is 0 Å². The summed E-state index contributed by atoms with van der Waals surface area (Å²) in [4.78, 5) is 25.8. The highest BCUT2D eigenvalue weighted by Gasteiger charge is 2.14. The molecule has 0 aromatic carbocycles. The fourth-order valence-corrected chi connectivity index (χ4v) is 2.15. The molecule has 2 heterocycles. The van der Waals surface area contributed by atoms with E-state index in [1.54, 1.807) is 5.38 Å². The fourth-order valence-electron chi connectivity index (χ4n) is 1.40. The monoisotopic (exact) mass is 249 g/mol. The van der Waals surface area contributed by atoms with Crippen molar-refractivity contribution in [3.63, 3.8) is 0 Å². The van der Waals surface area contributed by atoms with Crippen LogP contribution in [0, 0.1) is 0 Å². The number of hydrogen-bond acceptors (Lipinski definition) is 4. The predicted molar refractivity (Wildman–Crippen MR) is 61.5 cm³/mol. The molecule has 2 aromatic rings. The molecule has 0 aliphatic carbocycles. The smallest absolute Gasteiger partial charge is 0.345 e. The number of nitrogens with zero attached hydrogens (tertiary/aromatic N) is 1. The van der Waals surface area contributed by atoms with Crippen molar-refractivity contribution in [2.75, 3.05) is 0 Å². The Morgan fingerprint density at radius 1 is 1.24 bits per heavy atom. The Hall–Kier alpha value is -2.21. The number of thiophene rings is 1. The van der Waals surface area contributed by atoms with E-state index in [-0.39, 0.29) is 10.4 Å². The molecule has 0 saturated carbocycles. The zero-order valence-corrected chi connectivity index (χ0v) is 9.27. The molecule has 0 aliphatic heterocycles. The minimum atomic E-state index is -1.06. The molecular weight excluding hydrogens is 242 g/mol. The molecule has 2 N–H and O–H groups in total. The molecule has 17 heavy (non-hydrogen) atoms. The highest BCUT2D eigenvalue weighted by atomic mass is 32.1. The van der Waals surface area contributed by atoms with E-state index in [4.69, 9.17) is 10.2 Å². The second kappa shape index (κ2) is 4.34. The number of pyridine rings is 1. The summed E-state index contributed by atoms with van der Waals surface area (Å²) >= 11 is 1.05. The van der Waals surface area contributed by atoms with Crippen molar-refractivity contribution in [1.82, 2.24) is 4.98 Å². The summed E-state index contributed by atoms with van der Waals surface area (Å²) in [6.07, 6.45) is 2.80. The Morgan fingerprint density at radius 3 is 2.59 bits per heavy atom. The summed E-state index contributed by atoms with van der Waals surface area (Å²) in [5.74, 6) is -2.09.